The topological polar surface area (TPSA) is 113 Å². The van der Waals surface area contributed by atoms with Crippen molar-refractivity contribution < 1.29 is 19.1 Å². The van der Waals surface area contributed by atoms with Crippen LogP contribution in [0.2, 0.25) is 0 Å². The van der Waals surface area contributed by atoms with Gasteiger partial charge >= 0.3 is 0 Å². The molecule has 5 heterocycles. The summed E-state index contributed by atoms with van der Waals surface area (Å²) < 4.78 is 19.1. The number of aryl methyl sites for hydroxylation is 1. The number of pyridine rings is 2. The van der Waals surface area contributed by atoms with Crippen LogP contribution in [0.25, 0.3) is 27.8 Å². The highest BCUT2D eigenvalue weighted by Crippen LogP contribution is 2.33. The Kier molecular flexibility index (Phi) is 4.74. The molecule has 5 rings (SSSR count). The molecule has 10 heteroatoms. The Labute approximate surface area is 182 Å². The molecule has 5 aromatic heterocycles. The number of aromatic hydroxyl groups is 1. The lowest BCUT2D eigenvalue weighted by atomic mass is 10.1. The van der Waals surface area contributed by atoms with Crippen LogP contribution in [0.5, 0.6) is 17.5 Å². The van der Waals surface area contributed by atoms with Crippen molar-refractivity contribution in [1.29, 1.82) is 0 Å². The fourth-order valence-corrected chi connectivity index (χ4v) is 3.52. The van der Waals surface area contributed by atoms with Crippen LogP contribution in [0, 0.1) is 6.92 Å². The van der Waals surface area contributed by atoms with Gasteiger partial charge in [-0.25, -0.2) is 9.97 Å². The average molecular weight is 432 g/mol. The van der Waals surface area contributed by atoms with Gasteiger partial charge in [0.1, 0.15) is 6.54 Å². The van der Waals surface area contributed by atoms with E-state index in [0.29, 0.717) is 46.2 Å². The van der Waals surface area contributed by atoms with E-state index in [1.54, 1.807) is 34.9 Å². The summed E-state index contributed by atoms with van der Waals surface area (Å²) in [4.78, 5) is 8.96. The van der Waals surface area contributed by atoms with Crippen LogP contribution >= 0.6 is 0 Å². The maximum Gasteiger partial charge on any atom is 0.256 e. The van der Waals surface area contributed by atoms with E-state index < -0.39 is 0 Å². The molecule has 0 atom stereocenters. The zero-order valence-electron chi connectivity index (χ0n) is 17.7. The molecule has 0 aliphatic rings. The molecule has 0 fully saturated rings. The lowest BCUT2D eigenvalue weighted by Gasteiger charge is -2.08. The largest absolute Gasteiger partial charge is 0.494 e. The highest BCUT2D eigenvalue weighted by atomic mass is 16.5. The molecule has 0 bridgehead atoms. The van der Waals surface area contributed by atoms with Crippen LogP contribution in [0.3, 0.4) is 0 Å². The van der Waals surface area contributed by atoms with Gasteiger partial charge in [-0.15, -0.1) is 0 Å². The molecule has 0 radical (unpaired) electrons. The van der Waals surface area contributed by atoms with E-state index in [1.165, 1.54) is 7.11 Å². The first kappa shape index (κ1) is 19.6. The van der Waals surface area contributed by atoms with Crippen molar-refractivity contribution in [3.63, 3.8) is 0 Å². The van der Waals surface area contributed by atoms with E-state index >= 15 is 0 Å². The summed E-state index contributed by atoms with van der Waals surface area (Å²) in [5.74, 6) is 1.70. The van der Waals surface area contributed by atoms with E-state index in [4.69, 9.17) is 19.0 Å². The molecule has 0 saturated heterocycles. The second kappa shape index (κ2) is 7.73. The predicted molar refractivity (Wildman–Crippen MR) is 115 cm³/mol. The summed E-state index contributed by atoms with van der Waals surface area (Å²) in [6.45, 7) is 2.31. The third-order valence-corrected chi connectivity index (χ3v) is 5.06. The third-order valence-electron chi connectivity index (χ3n) is 5.06. The summed E-state index contributed by atoms with van der Waals surface area (Å²) in [6, 6.07) is 7.32. The standard InChI is InChI=1S/C22H20N6O4/c1-13-6-16(32-26-13)11-27-10-15(9-24-27)28-12-19-17(22(28)29)4-5-18(25-19)14-7-20(30-2)21(31-3)23-8-14/h4-10,12,29H,11H2,1-3H3. The Bertz CT molecular complexity index is 1420. The van der Waals surface area contributed by atoms with Crippen LogP contribution in [0.4, 0.5) is 0 Å². The van der Waals surface area contributed by atoms with E-state index in [9.17, 15) is 5.11 Å². The smallest absolute Gasteiger partial charge is 0.256 e. The molecule has 0 aliphatic carbocycles. The molecule has 0 aromatic carbocycles. The Morgan fingerprint density at radius 3 is 2.72 bits per heavy atom. The zero-order valence-corrected chi connectivity index (χ0v) is 17.7. The third kappa shape index (κ3) is 3.41. The number of methoxy groups -OCH3 is 2. The lowest BCUT2D eigenvalue weighted by molar-refractivity contribution is 0.343. The first-order chi connectivity index (χ1) is 15.6. The van der Waals surface area contributed by atoms with E-state index in [1.807, 2.05) is 37.4 Å². The van der Waals surface area contributed by atoms with Crippen molar-refractivity contribution in [2.75, 3.05) is 14.2 Å². The van der Waals surface area contributed by atoms with E-state index in [2.05, 4.69) is 15.2 Å². The van der Waals surface area contributed by atoms with Gasteiger partial charge in [-0.3, -0.25) is 9.25 Å². The number of hydrogen-bond donors (Lipinski definition) is 1. The molecule has 0 aliphatic heterocycles. The van der Waals surface area contributed by atoms with Crippen LogP contribution < -0.4 is 9.47 Å². The van der Waals surface area contributed by atoms with Gasteiger partial charge in [0.25, 0.3) is 5.88 Å². The minimum atomic E-state index is 0.0829. The Morgan fingerprint density at radius 1 is 1.09 bits per heavy atom. The fourth-order valence-electron chi connectivity index (χ4n) is 3.52. The van der Waals surface area contributed by atoms with Gasteiger partial charge in [-0.1, -0.05) is 5.16 Å². The first-order valence-electron chi connectivity index (χ1n) is 9.80. The van der Waals surface area contributed by atoms with Gasteiger partial charge in [-0.05, 0) is 25.1 Å². The molecule has 0 amide bonds. The Morgan fingerprint density at radius 2 is 1.97 bits per heavy atom. The molecule has 0 saturated carbocycles. The molecule has 162 valence electrons. The average Bonchev–Trinajstić information content (AvgIpc) is 3.52. The van der Waals surface area contributed by atoms with Crippen molar-refractivity contribution >= 4 is 10.9 Å². The van der Waals surface area contributed by atoms with Gasteiger partial charge in [-0.2, -0.15) is 5.10 Å². The summed E-state index contributed by atoms with van der Waals surface area (Å²) in [6.07, 6.45) is 6.92. The first-order valence-corrected chi connectivity index (χ1v) is 9.80. The molecule has 10 nitrogen and oxygen atoms in total. The predicted octanol–water partition coefficient (Wildman–Crippen LogP) is 3.35. The number of aromatic nitrogens is 6. The monoisotopic (exact) mass is 432 g/mol. The maximum absolute atomic E-state index is 10.8. The van der Waals surface area contributed by atoms with Crippen molar-refractivity contribution in [2.45, 2.75) is 13.5 Å². The van der Waals surface area contributed by atoms with Crippen molar-refractivity contribution in [1.82, 2.24) is 29.5 Å². The van der Waals surface area contributed by atoms with Crippen LogP contribution in [0.15, 0.2) is 53.6 Å². The molecule has 0 spiro atoms. The van der Waals surface area contributed by atoms with Crippen molar-refractivity contribution in [2.24, 2.45) is 0 Å². The summed E-state index contributed by atoms with van der Waals surface area (Å²) in [7, 11) is 3.09. The Balaban J connectivity index is 1.48. The molecule has 1 N–H and O–H groups in total. The highest BCUT2D eigenvalue weighted by Gasteiger charge is 2.15. The van der Waals surface area contributed by atoms with Crippen LogP contribution in [-0.2, 0) is 6.54 Å². The SMILES string of the molecule is COc1cc(-c2ccc3c(O)n(-c4cnn(Cc5cc(C)no5)c4)cc3n2)cnc1OC. The van der Waals surface area contributed by atoms with Crippen molar-refractivity contribution in [3.05, 3.63) is 60.5 Å². The molecular formula is C22H20N6O4. The van der Waals surface area contributed by atoms with Crippen LogP contribution in [0.1, 0.15) is 11.5 Å². The quantitative estimate of drug-likeness (QED) is 0.435. The lowest BCUT2D eigenvalue weighted by Crippen LogP contribution is -1.98. The number of hydrogen-bond acceptors (Lipinski definition) is 8. The van der Waals surface area contributed by atoms with Gasteiger partial charge in [0.2, 0.25) is 5.88 Å². The van der Waals surface area contributed by atoms with Gasteiger partial charge in [0.15, 0.2) is 11.5 Å². The van der Waals surface area contributed by atoms with E-state index in [0.717, 1.165) is 11.3 Å². The van der Waals surface area contributed by atoms with Gasteiger partial charge in [0, 0.05) is 30.2 Å². The fraction of sp³-hybridized carbons (Fsp3) is 0.182. The molecule has 32 heavy (non-hydrogen) atoms. The van der Waals surface area contributed by atoms with Gasteiger partial charge in [0.05, 0.1) is 48.4 Å². The van der Waals surface area contributed by atoms with Crippen molar-refractivity contribution in [3.8, 4) is 34.5 Å². The number of ether oxygens (including phenoxy) is 2. The van der Waals surface area contributed by atoms with Gasteiger partial charge < -0.3 is 19.1 Å². The number of rotatable bonds is 6. The molecule has 0 unspecified atom stereocenters. The second-order valence-corrected chi connectivity index (χ2v) is 7.22. The number of nitrogens with zero attached hydrogens (tertiary/aromatic N) is 6. The minimum absolute atomic E-state index is 0.0829. The normalized spacial score (nSPS) is 11.2. The summed E-state index contributed by atoms with van der Waals surface area (Å²) in [5.41, 5.74) is 3.61. The molecular weight excluding hydrogens is 412 g/mol. The van der Waals surface area contributed by atoms with Crippen LogP contribution in [-0.4, -0.2) is 48.8 Å². The zero-order chi connectivity index (χ0) is 22.2. The second-order valence-electron chi connectivity index (χ2n) is 7.22. The molecule has 5 aromatic rings. The van der Waals surface area contributed by atoms with E-state index in [-0.39, 0.29) is 5.88 Å². The number of fused-ring (bicyclic) bond motifs is 1. The highest BCUT2D eigenvalue weighted by molar-refractivity contribution is 5.87. The Hall–Kier alpha value is -4.34. The minimum Gasteiger partial charge on any atom is -0.494 e. The maximum atomic E-state index is 10.8. The summed E-state index contributed by atoms with van der Waals surface area (Å²) in [5, 5.41) is 19.6. The summed E-state index contributed by atoms with van der Waals surface area (Å²) >= 11 is 0.